The summed E-state index contributed by atoms with van der Waals surface area (Å²) in [4.78, 5) is 16.2. The molecule has 0 aliphatic heterocycles. The first-order valence-corrected chi connectivity index (χ1v) is 6.93. The molecule has 0 aromatic carbocycles. The molecule has 7 heteroatoms. The zero-order valence-electron chi connectivity index (χ0n) is 11.8. The first-order chi connectivity index (χ1) is 9.27. The molecule has 106 valence electrons. The Morgan fingerprint density at radius 1 is 1.40 bits per heavy atom. The minimum Gasteiger partial charge on any atom is -0.305 e. The third kappa shape index (κ3) is 3.22. The Balaban J connectivity index is 2.16. The zero-order valence-corrected chi connectivity index (χ0v) is 13.4. The molecule has 0 spiro atoms. The van der Waals surface area contributed by atoms with Crippen molar-refractivity contribution in [3.63, 3.8) is 0 Å². The predicted molar refractivity (Wildman–Crippen MR) is 79.6 cm³/mol. The molecule has 1 amide bonds. The Morgan fingerprint density at radius 2 is 2.10 bits per heavy atom. The van der Waals surface area contributed by atoms with Crippen LogP contribution in [0.4, 0.5) is 5.82 Å². The van der Waals surface area contributed by atoms with E-state index in [0.29, 0.717) is 5.82 Å². The summed E-state index contributed by atoms with van der Waals surface area (Å²) in [5, 5.41) is 10.5. The molecule has 0 aliphatic rings. The lowest BCUT2D eigenvalue weighted by atomic mass is 10.1. The molecule has 2 rings (SSSR count). The first kappa shape index (κ1) is 14.6. The number of halogens is 1. The fourth-order valence-electron chi connectivity index (χ4n) is 1.48. The van der Waals surface area contributed by atoms with Gasteiger partial charge in [-0.1, -0.05) is 5.21 Å². The summed E-state index contributed by atoms with van der Waals surface area (Å²) in [7, 11) is 0. The fourth-order valence-corrected chi connectivity index (χ4v) is 1.70. The summed E-state index contributed by atoms with van der Waals surface area (Å²) < 4.78 is 2.55. The monoisotopic (exact) mass is 337 g/mol. The second-order valence-corrected chi connectivity index (χ2v) is 6.35. The summed E-state index contributed by atoms with van der Waals surface area (Å²) in [5.41, 5.74) is 1.05. The van der Waals surface area contributed by atoms with Crippen LogP contribution in [0.15, 0.2) is 22.9 Å². The normalized spacial score (nSPS) is 11.4. The average molecular weight is 338 g/mol. The maximum atomic E-state index is 12.1. The molecule has 1 N–H and O–H groups in total. The Kier molecular flexibility index (Phi) is 3.89. The van der Waals surface area contributed by atoms with Crippen LogP contribution in [0.2, 0.25) is 0 Å². The molecule has 6 nitrogen and oxygen atoms in total. The molecule has 0 aliphatic carbocycles. The van der Waals surface area contributed by atoms with Gasteiger partial charge in [-0.2, -0.15) is 0 Å². The summed E-state index contributed by atoms with van der Waals surface area (Å²) in [5.74, 6) is 0.163. The Labute approximate surface area is 125 Å². The molecule has 2 aromatic heterocycles. The Hall–Kier alpha value is -1.76. The number of rotatable bonds is 2. The number of hydrogen-bond donors (Lipinski definition) is 1. The topological polar surface area (TPSA) is 72.7 Å². The number of carbonyl (C=O) groups excluding carboxylic acids is 1. The molecule has 20 heavy (non-hydrogen) atoms. The SMILES string of the molecule is Cc1cc(NC(=O)c2cn(C(C)(C)C)nn2)ncc1Br. The summed E-state index contributed by atoms with van der Waals surface area (Å²) in [6.45, 7) is 7.90. The van der Waals surface area contributed by atoms with Crippen molar-refractivity contribution in [2.75, 3.05) is 5.32 Å². The van der Waals surface area contributed by atoms with Crippen LogP contribution in [-0.4, -0.2) is 25.9 Å². The first-order valence-electron chi connectivity index (χ1n) is 6.14. The number of amides is 1. The molecule has 0 atom stereocenters. The van der Waals surface area contributed by atoms with Crippen LogP contribution in [0.25, 0.3) is 0 Å². The molecule has 0 saturated heterocycles. The van der Waals surface area contributed by atoms with E-state index in [2.05, 4.69) is 36.5 Å². The molecule has 2 heterocycles. The maximum Gasteiger partial charge on any atom is 0.278 e. The maximum absolute atomic E-state index is 12.1. The average Bonchev–Trinajstić information content (AvgIpc) is 2.83. The van der Waals surface area contributed by atoms with Gasteiger partial charge in [0.15, 0.2) is 5.69 Å². The number of carbonyl (C=O) groups is 1. The van der Waals surface area contributed by atoms with Gasteiger partial charge in [0.05, 0.1) is 11.7 Å². The second-order valence-electron chi connectivity index (χ2n) is 5.49. The van der Waals surface area contributed by atoms with Crippen LogP contribution in [0.5, 0.6) is 0 Å². The van der Waals surface area contributed by atoms with Gasteiger partial charge in [0, 0.05) is 10.7 Å². The molecule has 0 fully saturated rings. The number of aryl methyl sites for hydroxylation is 1. The zero-order chi connectivity index (χ0) is 14.9. The van der Waals surface area contributed by atoms with Crippen LogP contribution in [0.3, 0.4) is 0 Å². The highest BCUT2D eigenvalue weighted by atomic mass is 79.9. The van der Waals surface area contributed by atoms with Gasteiger partial charge in [-0.15, -0.1) is 5.10 Å². The van der Waals surface area contributed by atoms with Crippen LogP contribution < -0.4 is 5.32 Å². The van der Waals surface area contributed by atoms with Gasteiger partial charge in [0.2, 0.25) is 0 Å². The van der Waals surface area contributed by atoms with E-state index in [1.165, 1.54) is 0 Å². The van der Waals surface area contributed by atoms with E-state index in [-0.39, 0.29) is 17.1 Å². The third-order valence-electron chi connectivity index (χ3n) is 2.70. The van der Waals surface area contributed by atoms with Crippen molar-refractivity contribution >= 4 is 27.7 Å². The van der Waals surface area contributed by atoms with Gasteiger partial charge in [-0.25, -0.2) is 9.67 Å². The fraction of sp³-hybridized carbons (Fsp3) is 0.385. The number of nitrogens with zero attached hydrogens (tertiary/aromatic N) is 4. The predicted octanol–water partition coefficient (Wildman–Crippen LogP) is 2.75. The highest BCUT2D eigenvalue weighted by molar-refractivity contribution is 9.10. The molecule has 0 saturated carbocycles. The van der Waals surface area contributed by atoms with Crippen molar-refractivity contribution in [2.24, 2.45) is 0 Å². The van der Waals surface area contributed by atoms with E-state index in [9.17, 15) is 4.79 Å². The van der Waals surface area contributed by atoms with Gasteiger partial charge >= 0.3 is 0 Å². The largest absolute Gasteiger partial charge is 0.305 e. The molecular formula is C13H16BrN5O. The number of anilines is 1. The lowest BCUT2D eigenvalue weighted by Crippen LogP contribution is -2.22. The number of pyridine rings is 1. The lowest BCUT2D eigenvalue weighted by Gasteiger charge is -2.17. The van der Waals surface area contributed by atoms with Gasteiger partial charge in [-0.3, -0.25) is 4.79 Å². The van der Waals surface area contributed by atoms with Crippen molar-refractivity contribution < 1.29 is 4.79 Å². The molecule has 0 unspecified atom stereocenters. The second kappa shape index (κ2) is 5.32. The van der Waals surface area contributed by atoms with Gasteiger partial charge in [0.1, 0.15) is 5.82 Å². The summed E-state index contributed by atoms with van der Waals surface area (Å²) >= 11 is 3.36. The van der Waals surface area contributed by atoms with Crippen molar-refractivity contribution in [1.29, 1.82) is 0 Å². The highest BCUT2D eigenvalue weighted by Gasteiger charge is 2.18. The highest BCUT2D eigenvalue weighted by Crippen LogP contribution is 2.18. The smallest absolute Gasteiger partial charge is 0.278 e. The lowest BCUT2D eigenvalue weighted by molar-refractivity contribution is 0.102. The van der Waals surface area contributed by atoms with Gasteiger partial charge in [-0.05, 0) is 55.3 Å². The molecule has 0 radical (unpaired) electrons. The number of aromatic nitrogens is 4. The third-order valence-corrected chi connectivity index (χ3v) is 3.53. The van der Waals surface area contributed by atoms with E-state index >= 15 is 0 Å². The number of nitrogens with one attached hydrogen (secondary N) is 1. The number of hydrogen-bond acceptors (Lipinski definition) is 4. The summed E-state index contributed by atoms with van der Waals surface area (Å²) in [6.07, 6.45) is 3.28. The quantitative estimate of drug-likeness (QED) is 0.914. The van der Waals surface area contributed by atoms with E-state index in [4.69, 9.17) is 0 Å². The van der Waals surface area contributed by atoms with Crippen LogP contribution in [0.1, 0.15) is 36.8 Å². The standard InChI is InChI=1S/C13H16BrN5O/c1-8-5-11(15-6-9(8)14)16-12(20)10-7-19(18-17-10)13(2,3)4/h5-7H,1-4H3,(H,15,16,20). The van der Waals surface area contributed by atoms with Crippen LogP contribution in [0, 0.1) is 6.92 Å². The minimum absolute atomic E-state index is 0.210. The van der Waals surface area contributed by atoms with E-state index in [1.807, 2.05) is 27.7 Å². The van der Waals surface area contributed by atoms with Crippen molar-refractivity contribution in [3.8, 4) is 0 Å². The molecular weight excluding hydrogens is 322 g/mol. The minimum atomic E-state index is -0.324. The Bertz CT molecular complexity index is 644. The van der Waals surface area contributed by atoms with Crippen LogP contribution >= 0.6 is 15.9 Å². The van der Waals surface area contributed by atoms with Crippen molar-refractivity contribution in [2.45, 2.75) is 33.2 Å². The van der Waals surface area contributed by atoms with E-state index < -0.39 is 0 Å². The van der Waals surface area contributed by atoms with Crippen molar-refractivity contribution in [1.82, 2.24) is 20.0 Å². The molecule has 0 bridgehead atoms. The van der Waals surface area contributed by atoms with Crippen LogP contribution in [-0.2, 0) is 5.54 Å². The molecule has 2 aromatic rings. The van der Waals surface area contributed by atoms with E-state index in [0.717, 1.165) is 10.0 Å². The summed E-state index contributed by atoms with van der Waals surface area (Å²) in [6, 6.07) is 1.79. The van der Waals surface area contributed by atoms with Crippen molar-refractivity contribution in [3.05, 3.63) is 34.2 Å². The Morgan fingerprint density at radius 3 is 2.65 bits per heavy atom. The van der Waals surface area contributed by atoms with Gasteiger partial charge in [0.25, 0.3) is 5.91 Å². The van der Waals surface area contributed by atoms with Gasteiger partial charge < -0.3 is 5.32 Å². The van der Waals surface area contributed by atoms with E-state index in [1.54, 1.807) is 23.1 Å².